The predicted octanol–water partition coefficient (Wildman–Crippen LogP) is 1.73. The van der Waals surface area contributed by atoms with Crippen LogP contribution >= 0.6 is 0 Å². The van der Waals surface area contributed by atoms with Crippen molar-refractivity contribution in [3.8, 4) is 6.07 Å². The predicted molar refractivity (Wildman–Crippen MR) is 74.6 cm³/mol. The van der Waals surface area contributed by atoms with Gasteiger partial charge in [-0.1, -0.05) is 12.8 Å². The molecule has 6 nitrogen and oxygen atoms in total. The molecule has 0 unspecified atom stereocenters. The Morgan fingerprint density at radius 3 is 2.62 bits per heavy atom. The van der Waals surface area contributed by atoms with Gasteiger partial charge in [-0.3, -0.25) is 9.59 Å². The smallest absolute Gasteiger partial charge is 0.323 e. The number of pyridine rings is 1. The molecule has 2 rings (SSSR count). The second-order valence-corrected chi connectivity index (χ2v) is 5.21. The molecule has 1 aromatic heterocycles. The molecule has 0 bridgehead atoms. The van der Waals surface area contributed by atoms with E-state index < -0.39 is 5.97 Å². The van der Waals surface area contributed by atoms with Gasteiger partial charge < -0.3 is 10.0 Å². The van der Waals surface area contributed by atoms with Gasteiger partial charge in [-0.25, -0.2) is 4.98 Å². The summed E-state index contributed by atoms with van der Waals surface area (Å²) < 4.78 is 0. The zero-order valence-electron chi connectivity index (χ0n) is 11.9. The molecule has 6 heteroatoms. The molecule has 110 valence electrons. The number of aryl methyl sites for hydroxylation is 1. The minimum absolute atomic E-state index is 0.0358. The highest BCUT2D eigenvalue weighted by Gasteiger charge is 2.29. The third-order valence-corrected chi connectivity index (χ3v) is 3.76. The maximum absolute atomic E-state index is 12.5. The van der Waals surface area contributed by atoms with Crippen molar-refractivity contribution in [3.05, 3.63) is 29.1 Å². The molecular formula is C15H17N3O3. The number of carboxylic acids is 1. The fourth-order valence-corrected chi connectivity index (χ4v) is 2.67. The van der Waals surface area contributed by atoms with Gasteiger partial charge in [0.05, 0.1) is 11.3 Å². The average molecular weight is 287 g/mol. The van der Waals surface area contributed by atoms with Crippen molar-refractivity contribution in [1.82, 2.24) is 9.88 Å². The minimum atomic E-state index is -1.03. The molecule has 1 amide bonds. The topological polar surface area (TPSA) is 94.3 Å². The standard InChI is InChI=1S/C15H17N3O3/c1-10-11(8-16)6-7-13(17-10)15(21)18(9-14(19)20)12-4-2-3-5-12/h6-7,12H,2-5,9H2,1H3,(H,19,20). The van der Waals surface area contributed by atoms with Crippen molar-refractivity contribution < 1.29 is 14.7 Å². The lowest BCUT2D eigenvalue weighted by Crippen LogP contribution is -2.42. The van der Waals surface area contributed by atoms with Gasteiger partial charge in [0.15, 0.2) is 0 Å². The van der Waals surface area contributed by atoms with E-state index in [0.717, 1.165) is 25.7 Å². The Labute approximate surface area is 123 Å². The van der Waals surface area contributed by atoms with E-state index in [0.29, 0.717) is 11.3 Å². The molecule has 0 aliphatic heterocycles. The highest BCUT2D eigenvalue weighted by Crippen LogP contribution is 2.24. The van der Waals surface area contributed by atoms with E-state index >= 15 is 0 Å². The molecule has 0 spiro atoms. The van der Waals surface area contributed by atoms with Crippen LogP contribution in [0.1, 0.15) is 47.4 Å². The molecule has 0 atom stereocenters. The van der Waals surface area contributed by atoms with Crippen molar-refractivity contribution in [2.75, 3.05) is 6.54 Å². The zero-order valence-corrected chi connectivity index (χ0v) is 11.9. The van der Waals surface area contributed by atoms with Gasteiger partial charge in [-0.05, 0) is 31.9 Å². The number of carbonyl (C=O) groups excluding carboxylic acids is 1. The molecule has 1 aromatic rings. The molecule has 1 fully saturated rings. The normalized spacial score (nSPS) is 14.7. The minimum Gasteiger partial charge on any atom is -0.480 e. The lowest BCUT2D eigenvalue weighted by Gasteiger charge is -2.27. The van der Waals surface area contributed by atoms with E-state index in [4.69, 9.17) is 10.4 Å². The van der Waals surface area contributed by atoms with Crippen LogP contribution in [0.15, 0.2) is 12.1 Å². The number of hydrogen-bond donors (Lipinski definition) is 1. The van der Waals surface area contributed by atoms with Crippen LogP contribution in [-0.4, -0.2) is 39.5 Å². The molecule has 1 aliphatic rings. The van der Waals surface area contributed by atoms with E-state index in [-0.39, 0.29) is 24.2 Å². The van der Waals surface area contributed by atoms with E-state index in [1.54, 1.807) is 13.0 Å². The van der Waals surface area contributed by atoms with Crippen LogP contribution in [0.3, 0.4) is 0 Å². The van der Waals surface area contributed by atoms with Crippen LogP contribution in [0.5, 0.6) is 0 Å². The fraction of sp³-hybridized carbons (Fsp3) is 0.467. The number of amides is 1. The first-order valence-electron chi connectivity index (χ1n) is 6.93. The second kappa shape index (κ2) is 6.35. The first-order chi connectivity index (χ1) is 10.0. The molecule has 0 aromatic carbocycles. The highest BCUT2D eigenvalue weighted by molar-refractivity contribution is 5.94. The number of carbonyl (C=O) groups is 2. The Morgan fingerprint density at radius 2 is 2.10 bits per heavy atom. The number of aliphatic carboxylic acids is 1. The van der Waals surface area contributed by atoms with E-state index in [9.17, 15) is 9.59 Å². The number of carboxylic acid groups (broad SMARTS) is 1. The van der Waals surface area contributed by atoms with Crippen LogP contribution < -0.4 is 0 Å². The Kier molecular flexibility index (Phi) is 4.53. The third-order valence-electron chi connectivity index (χ3n) is 3.76. The van der Waals surface area contributed by atoms with Crippen molar-refractivity contribution in [3.63, 3.8) is 0 Å². The first kappa shape index (κ1) is 15.0. The van der Waals surface area contributed by atoms with E-state index in [1.807, 2.05) is 6.07 Å². The Bertz CT molecular complexity index is 601. The summed E-state index contributed by atoms with van der Waals surface area (Å²) in [5.41, 5.74) is 1.09. The summed E-state index contributed by atoms with van der Waals surface area (Å²) in [6.45, 7) is 1.34. The summed E-state index contributed by atoms with van der Waals surface area (Å²) in [6, 6.07) is 4.99. The Balaban J connectivity index is 2.27. The second-order valence-electron chi connectivity index (χ2n) is 5.21. The number of aromatic nitrogens is 1. The molecule has 21 heavy (non-hydrogen) atoms. The van der Waals surface area contributed by atoms with Crippen LogP contribution in [0.25, 0.3) is 0 Å². The van der Waals surface area contributed by atoms with Crippen LogP contribution in [0, 0.1) is 18.3 Å². The van der Waals surface area contributed by atoms with Gasteiger partial charge in [0, 0.05) is 6.04 Å². The lowest BCUT2D eigenvalue weighted by atomic mass is 10.1. The molecule has 1 heterocycles. The molecular weight excluding hydrogens is 270 g/mol. The largest absolute Gasteiger partial charge is 0.480 e. The molecule has 1 N–H and O–H groups in total. The SMILES string of the molecule is Cc1nc(C(=O)N(CC(=O)O)C2CCCC2)ccc1C#N. The maximum atomic E-state index is 12.5. The summed E-state index contributed by atoms with van der Waals surface area (Å²) in [5, 5.41) is 17.9. The van der Waals surface area contributed by atoms with Gasteiger partial charge in [-0.15, -0.1) is 0 Å². The lowest BCUT2D eigenvalue weighted by molar-refractivity contribution is -0.138. The summed E-state index contributed by atoms with van der Waals surface area (Å²) in [6.07, 6.45) is 3.67. The van der Waals surface area contributed by atoms with Crippen molar-refractivity contribution in [1.29, 1.82) is 5.26 Å². The van der Waals surface area contributed by atoms with Crippen LogP contribution in [-0.2, 0) is 4.79 Å². The summed E-state index contributed by atoms with van der Waals surface area (Å²) >= 11 is 0. The molecule has 0 radical (unpaired) electrons. The zero-order chi connectivity index (χ0) is 15.4. The number of rotatable bonds is 4. The Hall–Kier alpha value is -2.42. The molecule has 0 saturated heterocycles. The highest BCUT2D eigenvalue weighted by atomic mass is 16.4. The Morgan fingerprint density at radius 1 is 1.43 bits per heavy atom. The van der Waals surface area contributed by atoms with Gasteiger partial charge in [0.2, 0.25) is 0 Å². The molecule has 1 aliphatic carbocycles. The van der Waals surface area contributed by atoms with Gasteiger partial charge >= 0.3 is 5.97 Å². The number of nitriles is 1. The summed E-state index contributed by atoms with van der Waals surface area (Å²) in [7, 11) is 0. The van der Waals surface area contributed by atoms with Crippen LogP contribution in [0.2, 0.25) is 0 Å². The van der Waals surface area contributed by atoms with Crippen LogP contribution in [0.4, 0.5) is 0 Å². The summed E-state index contributed by atoms with van der Waals surface area (Å²) in [5.74, 6) is -1.41. The summed E-state index contributed by atoms with van der Waals surface area (Å²) in [4.78, 5) is 29.1. The van der Waals surface area contributed by atoms with Crippen molar-refractivity contribution in [2.24, 2.45) is 0 Å². The van der Waals surface area contributed by atoms with E-state index in [2.05, 4.69) is 4.98 Å². The third kappa shape index (κ3) is 3.37. The van der Waals surface area contributed by atoms with Gasteiger partial charge in [0.25, 0.3) is 5.91 Å². The van der Waals surface area contributed by atoms with Crippen molar-refractivity contribution in [2.45, 2.75) is 38.6 Å². The monoisotopic (exact) mass is 287 g/mol. The number of hydrogen-bond acceptors (Lipinski definition) is 4. The fourth-order valence-electron chi connectivity index (χ4n) is 2.67. The quantitative estimate of drug-likeness (QED) is 0.910. The van der Waals surface area contributed by atoms with Gasteiger partial charge in [0.1, 0.15) is 18.3 Å². The first-order valence-corrected chi connectivity index (χ1v) is 6.93. The average Bonchev–Trinajstić information content (AvgIpc) is 2.97. The molecule has 1 saturated carbocycles. The number of nitrogens with zero attached hydrogens (tertiary/aromatic N) is 3. The van der Waals surface area contributed by atoms with Crippen molar-refractivity contribution >= 4 is 11.9 Å². The maximum Gasteiger partial charge on any atom is 0.323 e. The van der Waals surface area contributed by atoms with Gasteiger partial charge in [-0.2, -0.15) is 5.26 Å². The van der Waals surface area contributed by atoms with E-state index in [1.165, 1.54) is 11.0 Å².